The third-order valence-electron chi connectivity index (χ3n) is 1.58. The zero-order valence-corrected chi connectivity index (χ0v) is 7.06. The summed E-state index contributed by atoms with van der Waals surface area (Å²) in [5.41, 5.74) is 2.79. The van der Waals surface area contributed by atoms with Crippen LogP contribution in [0.3, 0.4) is 0 Å². The monoisotopic (exact) mass is 167 g/mol. The van der Waals surface area contributed by atoms with Crippen LogP contribution < -0.4 is 5.32 Å². The van der Waals surface area contributed by atoms with Gasteiger partial charge in [-0.3, -0.25) is 4.99 Å². The quantitative estimate of drug-likeness (QED) is 0.674. The Kier molecular flexibility index (Phi) is 1.62. The van der Waals surface area contributed by atoms with Crippen molar-refractivity contribution in [2.24, 2.45) is 4.99 Å². The fourth-order valence-corrected chi connectivity index (χ4v) is 1.57. The minimum atomic E-state index is 0.465. The van der Waals surface area contributed by atoms with Crippen molar-refractivity contribution in [3.8, 4) is 0 Å². The molecule has 1 aromatic rings. The van der Waals surface area contributed by atoms with E-state index in [1.54, 1.807) is 11.3 Å². The van der Waals surface area contributed by atoms with Gasteiger partial charge in [0.1, 0.15) is 11.5 Å². The van der Waals surface area contributed by atoms with Crippen molar-refractivity contribution in [3.63, 3.8) is 0 Å². The molecule has 11 heavy (non-hydrogen) atoms. The summed E-state index contributed by atoms with van der Waals surface area (Å²) in [5, 5.41) is 5.25. The Balaban J connectivity index is 2.19. The van der Waals surface area contributed by atoms with Gasteiger partial charge in [-0.15, -0.1) is 11.3 Å². The van der Waals surface area contributed by atoms with Gasteiger partial charge in [0.05, 0.1) is 12.1 Å². The molecule has 0 aromatic carbocycles. The summed E-state index contributed by atoms with van der Waals surface area (Å²) in [4.78, 5) is 8.47. The van der Waals surface area contributed by atoms with E-state index in [9.17, 15) is 0 Å². The van der Waals surface area contributed by atoms with E-state index >= 15 is 0 Å². The van der Waals surface area contributed by atoms with E-state index in [0.29, 0.717) is 6.04 Å². The summed E-state index contributed by atoms with van der Waals surface area (Å²) < 4.78 is 0. The Bertz CT molecular complexity index is 265. The van der Waals surface area contributed by atoms with Crippen LogP contribution in [0.2, 0.25) is 0 Å². The van der Waals surface area contributed by atoms with Gasteiger partial charge in [-0.25, -0.2) is 4.98 Å². The molecule has 4 heteroatoms. The Morgan fingerprint density at radius 2 is 2.64 bits per heavy atom. The molecule has 0 saturated heterocycles. The van der Waals surface area contributed by atoms with E-state index in [1.807, 2.05) is 10.9 Å². The van der Waals surface area contributed by atoms with Crippen LogP contribution >= 0.6 is 11.3 Å². The fraction of sp³-hybridized carbons (Fsp3) is 0.429. The molecular formula is C7H9N3S. The summed E-state index contributed by atoms with van der Waals surface area (Å²) in [6.07, 6.45) is 0. The van der Waals surface area contributed by atoms with E-state index in [1.165, 1.54) is 0 Å². The maximum Gasteiger partial charge on any atom is 0.148 e. The average Bonchev–Trinajstić information content (AvgIpc) is 2.55. The lowest BCUT2D eigenvalue weighted by Crippen LogP contribution is -2.27. The van der Waals surface area contributed by atoms with Crippen molar-refractivity contribution in [2.75, 3.05) is 6.54 Å². The van der Waals surface area contributed by atoms with Crippen molar-refractivity contribution in [3.05, 3.63) is 16.6 Å². The van der Waals surface area contributed by atoms with E-state index in [2.05, 4.69) is 22.2 Å². The van der Waals surface area contributed by atoms with Crippen molar-refractivity contribution in [1.82, 2.24) is 10.3 Å². The van der Waals surface area contributed by atoms with E-state index in [4.69, 9.17) is 0 Å². The van der Waals surface area contributed by atoms with E-state index in [-0.39, 0.29) is 0 Å². The first-order chi connectivity index (χ1) is 5.36. The molecule has 0 radical (unpaired) electrons. The van der Waals surface area contributed by atoms with Crippen LogP contribution in [0.1, 0.15) is 12.6 Å². The Hall–Kier alpha value is -0.900. The van der Waals surface area contributed by atoms with Gasteiger partial charge >= 0.3 is 0 Å². The second kappa shape index (κ2) is 2.62. The summed E-state index contributed by atoms with van der Waals surface area (Å²) in [6, 6.07) is 0.465. The molecule has 1 aliphatic heterocycles. The molecule has 0 spiro atoms. The number of thiazole rings is 1. The molecule has 0 saturated carbocycles. The third-order valence-corrected chi connectivity index (χ3v) is 2.17. The van der Waals surface area contributed by atoms with Gasteiger partial charge < -0.3 is 5.32 Å². The Morgan fingerprint density at radius 1 is 1.73 bits per heavy atom. The predicted octanol–water partition coefficient (Wildman–Crippen LogP) is 0.881. The van der Waals surface area contributed by atoms with Crippen molar-refractivity contribution in [1.29, 1.82) is 0 Å². The Labute approximate surface area is 69.2 Å². The highest BCUT2D eigenvalue weighted by atomic mass is 32.1. The molecule has 2 rings (SSSR count). The summed E-state index contributed by atoms with van der Waals surface area (Å²) in [7, 11) is 0. The summed E-state index contributed by atoms with van der Waals surface area (Å²) in [6.45, 7) is 2.98. The predicted molar refractivity (Wildman–Crippen MR) is 46.1 cm³/mol. The molecular weight excluding hydrogens is 158 g/mol. The van der Waals surface area contributed by atoms with Crippen LogP contribution in [0.25, 0.3) is 0 Å². The largest absolute Gasteiger partial charge is 0.364 e. The number of hydrogen-bond donors (Lipinski definition) is 1. The molecule has 1 N–H and O–H groups in total. The summed E-state index contributed by atoms with van der Waals surface area (Å²) >= 11 is 1.60. The van der Waals surface area contributed by atoms with E-state index < -0.39 is 0 Å². The number of hydrogen-bond acceptors (Lipinski definition) is 4. The van der Waals surface area contributed by atoms with Gasteiger partial charge in [0.2, 0.25) is 0 Å². The minimum Gasteiger partial charge on any atom is -0.364 e. The van der Waals surface area contributed by atoms with Gasteiger partial charge in [-0.2, -0.15) is 0 Å². The molecule has 0 fully saturated rings. The molecule has 0 aliphatic carbocycles. The number of nitrogens with zero attached hydrogens (tertiary/aromatic N) is 2. The smallest absolute Gasteiger partial charge is 0.148 e. The van der Waals surface area contributed by atoms with Crippen molar-refractivity contribution < 1.29 is 0 Å². The van der Waals surface area contributed by atoms with Crippen molar-refractivity contribution >= 4 is 17.2 Å². The summed E-state index contributed by atoms with van der Waals surface area (Å²) in [5.74, 6) is 0.943. The van der Waals surface area contributed by atoms with Gasteiger partial charge in [0.25, 0.3) is 0 Å². The normalized spacial score (nSPS) is 23.0. The van der Waals surface area contributed by atoms with Gasteiger partial charge in [-0.1, -0.05) is 0 Å². The minimum absolute atomic E-state index is 0.465. The second-order valence-corrected chi connectivity index (χ2v) is 3.33. The van der Waals surface area contributed by atoms with E-state index in [0.717, 1.165) is 18.1 Å². The highest BCUT2D eigenvalue weighted by Crippen LogP contribution is 2.05. The average molecular weight is 167 g/mol. The topological polar surface area (TPSA) is 37.3 Å². The molecule has 0 amide bonds. The number of aromatic nitrogens is 1. The molecule has 3 nitrogen and oxygen atoms in total. The first kappa shape index (κ1) is 6.79. The molecule has 58 valence electrons. The lowest BCUT2D eigenvalue weighted by Gasteiger charge is -2.01. The van der Waals surface area contributed by atoms with Crippen LogP contribution in [0.5, 0.6) is 0 Å². The van der Waals surface area contributed by atoms with Gasteiger partial charge in [-0.05, 0) is 6.92 Å². The molecule has 1 aliphatic rings. The molecule has 2 heterocycles. The number of nitrogens with one attached hydrogen (secondary N) is 1. The number of aliphatic imine (C=N–C) groups is 1. The first-order valence-electron chi connectivity index (χ1n) is 3.56. The molecule has 1 unspecified atom stereocenters. The zero-order valence-electron chi connectivity index (χ0n) is 6.24. The van der Waals surface area contributed by atoms with Gasteiger partial charge in [0.15, 0.2) is 0 Å². The highest BCUT2D eigenvalue weighted by Gasteiger charge is 2.14. The van der Waals surface area contributed by atoms with Crippen LogP contribution in [0.15, 0.2) is 15.9 Å². The first-order valence-corrected chi connectivity index (χ1v) is 4.50. The maximum absolute atomic E-state index is 4.31. The van der Waals surface area contributed by atoms with Crippen LogP contribution in [0.4, 0.5) is 0 Å². The standard InChI is InChI=1S/C7H9N3S/c1-5-2-8-7(10-5)6-3-11-4-9-6/h3-5H,2H2,1H3,(H,8,10). The lowest BCUT2D eigenvalue weighted by atomic mass is 10.4. The van der Waals surface area contributed by atoms with Crippen molar-refractivity contribution in [2.45, 2.75) is 13.0 Å². The second-order valence-electron chi connectivity index (χ2n) is 2.61. The number of amidine groups is 1. The van der Waals surface area contributed by atoms with Gasteiger partial charge in [0, 0.05) is 11.4 Å². The maximum atomic E-state index is 4.31. The SMILES string of the molecule is CC1CN=C(c2cscn2)N1. The third kappa shape index (κ3) is 1.26. The highest BCUT2D eigenvalue weighted by molar-refractivity contribution is 7.07. The number of rotatable bonds is 1. The fourth-order valence-electron chi connectivity index (χ4n) is 1.04. The Morgan fingerprint density at radius 3 is 3.18 bits per heavy atom. The molecule has 1 aromatic heterocycles. The van der Waals surface area contributed by atoms with Crippen LogP contribution in [-0.4, -0.2) is 23.4 Å². The van der Waals surface area contributed by atoms with Crippen LogP contribution in [0, 0.1) is 0 Å². The molecule has 1 atom stereocenters. The lowest BCUT2D eigenvalue weighted by molar-refractivity contribution is 0.725. The zero-order chi connectivity index (χ0) is 7.68. The van der Waals surface area contributed by atoms with Crippen LogP contribution in [-0.2, 0) is 0 Å². The molecule has 0 bridgehead atoms.